The van der Waals surface area contributed by atoms with Gasteiger partial charge in [-0.1, -0.05) is 13.8 Å². The number of rotatable bonds is 6. The molecular formula is C14H22O3. The fourth-order valence-electron chi connectivity index (χ4n) is 1.65. The third kappa shape index (κ3) is 3.93. The first-order valence-corrected chi connectivity index (χ1v) is 6.17. The van der Waals surface area contributed by atoms with Gasteiger partial charge in [-0.3, -0.25) is 0 Å². The average Bonchev–Trinajstić information content (AvgIpc) is 2.28. The molecule has 0 spiro atoms. The molecule has 0 fully saturated rings. The number of aliphatic hydroxyl groups excluding tert-OH is 1. The van der Waals surface area contributed by atoms with Gasteiger partial charge in [0.05, 0.1) is 19.3 Å². The lowest BCUT2D eigenvalue weighted by molar-refractivity contribution is 0.126. The van der Waals surface area contributed by atoms with Crippen molar-refractivity contribution in [3.63, 3.8) is 0 Å². The summed E-state index contributed by atoms with van der Waals surface area (Å²) in [7, 11) is 0. The maximum Gasteiger partial charge on any atom is 0.123 e. The number of aliphatic hydroxyl groups is 1. The van der Waals surface area contributed by atoms with Gasteiger partial charge in [-0.15, -0.1) is 0 Å². The van der Waals surface area contributed by atoms with Gasteiger partial charge in [0.15, 0.2) is 0 Å². The van der Waals surface area contributed by atoms with E-state index in [1.165, 1.54) is 0 Å². The fraction of sp³-hybridized carbons (Fsp3) is 0.571. The van der Waals surface area contributed by atoms with Crippen LogP contribution in [0.3, 0.4) is 0 Å². The Bertz CT molecular complexity index is 323. The van der Waals surface area contributed by atoms with Crippen LogP contribution in [0, 0.1) is 5.92 Å². The van der Waals surface area contributed by atoms with E-state index in [2.05, 4.69) is 0 Å². The van der Waals surface area contributed by atoms with Crippen molar-refractivity contribution in [3.05, 3.63) is 23.8 Å². The lowest BCUT2D eigenvalue weighted by Gasteiger charge is -2.17. The van der Waals surface area contributed by atoms with Gasteiger partial charge in [0.1, 0.15) is 11.5 Å². The molecule has 0 saturated heterocycles. The van der Waals surface area contributed by atoms with Crippen LogP contribution in [0.2, 0.25) is 0 Å². The third-order valence-corrected chi connectivity index (χ3v) is 2.50. The average molecular weight is 238 g/mol. The van der Waals surface area contributed by atoms with E-state index in [1.807, 2.05) is 45.9 Å². The van der Waals surface area contributed by atoms with Gasteiger partial charge < -0.3 is 14.6 Å². The van der Waals surface area contributed by atoms with Crippen molar-refractivity contribution in [2.75, 3.05) is 13.2 Å². The second-order valence-corrected chi connectivity index (χ2v) is 4.29. The third-order valence-electron chi connectivity index (χ3n) is 2.50. The molecule has 0 radical (unpaired) electrons. The van der Waals surface area contributed by atoms with Gasteiger partial charge in [0, 0.05) is 6.07 Å². The lowest BCUT2D eigenvalue weighted by atomic mass is 9.99. The smallest absolute Gasteiger partial charge is 0.123 e. The Morgan fingerprint density at radius 2 is 1.47 bits per heavy atom. The van der Waals surface area contributed by atoms with Crippen LogP contribution in [-0.4, -0.2) is 18.3 Å². The number of ether oxygens (including phenoxy) is 2. The van der Waals surface area contributed by atoms with Gasteiger partial charge >= 0.3 is 0 Å². The Morgan fingerprint density at radius 1 is 1.00 bits per heavy atom. The first-order valence-electron chi connectivity index (χ1n) is 6.17. The number of hydrogen-bond acceptors (Lipinski definition) is 3. The van der Waals surface area contributed by atoms with Crippen molar-refractivity contribution < 1.29 is 14.6 Å². The van der Waals surface area contributed by atoms with Gasteiger partial charge in [0.2, 0.25) is 0 Å². The number of benzene rings is 1. The molecule has 1 atom stereocenters. The minimum Gasteiger partial charge on any atom is -0.494 e. The van der Waals surface area contributed by atoms with Crippen LogP contribution in [0.4, 0.5) is 0 Å². The van der Waals surface area contributed by atoms with E-state index in [9.17, 15) is 5.11 Å². The van der Waals surface area contributed by atoms with Crippen molar-refractivity contribution in [1.82, 2.24) is 0 Å². The zero-order chi connectivity index (χ0) is 12.8. The predicted molar refractivity (Wildman–Crippen MR) is 68.6 cm³/mol. The zero-order valence-electron chi connectivity index (χ0n) is 11.1. The molecule has 96 valence electrons. The maximum absolute atomic E-state index is 10.1. The van der Waals surface area contributed by atoms with E-state index in [4.69, 9.17) is 9.47 Å². The molecule has 3 nitrogen and oxygen atoms in total. The number of hydrogen-bond donors (Lipinski definition) is 1. The molecule has 0 aliphatic heterocycles. The molecule has 0 aromatic heterocycles. The highest BCUT2D eigenvalue weighted by atomic mass is 16.5. The summed E-state index contributed by atoms with van der Waals surface area (Å²) in [6, 6.07) is 5.59. The molecule has 1 rings (SSSR count). The van der Waals surface area contributed by atoms with Crippen molar-refractivity contribution in [3.8, 4) is 11.5 Å². The SMILES string of the molecule is CCOc1cc(OCC)cc(C(O)C(C)C)c1. The molecule has 0 amide bonds. The predicted octanol–water partition coefficient (Wildman–Crippen LogP) is 3.17. The van der Waals surface area contributed by atoms with E-state index in [-0.39, 0.29) is 5.92 Å². The summed E-state index contributed by atoms with van der Waals surface area (Å²) >= 11 is 0. The summed E-state index contributed by atoms with van der Waals surface area (Å²) in [6.07, 6.45) is -0.491. The fourth-order valence-corrected chi connectivity index (χ4v) is 1.65. The Kier molecular flexibility index (Phi) is 5.29. The first-order chi connectivity index (χ1) is 8.08. The van der Waals surface area contributed by atoms with Gasteiger partial charge in [0.25, 0.3) is 0 Å². The minimum absolute atomic E-state index is 0.168. The maximum atomic E-state index is 10.1. The van der Waals surface area contributed by atoms with Crippen molar-refractivity contribution in [2.24, 2.45) is 5.92 Å². The Morgan fingerprint density at radius 3 is 1.82 bits per heavy atom. The summed E-state index contributed by atoms with van der Waals surface area (Å²) < 4.78 is 10.9. The molecule has 0 aliphatic rings. The second kappa shape index (κ2) is 6.50. The Hall–Kier alpha value is -1.22. The molecule has 0 saturated carbocycles. The van der Waals surface area contributed by atoms with Gasteiger partial charge in [-0.05, 0) is 37.5 Å². The van der Waals surface area contributed by atoms with Gasteiger partial charge in [-0.2, -0.15) is 0 Å². The molecule has 0 bridgehead atoms. The summed E-state index contributed by atoms with van der Waals surface area (Å²) in [6.45, 7) is 9.05. The summed E-state index contributed by atoms with van der Waals surface area (Å²) in [5, 5.41) is 10.1. The normalized spacial score (nSPS) is 12.6. The molecule has 1 unspecified atom stereocenters. The van der Waals surface area contributed by atoms with Crippen molar-refractivity contribution in [1.29, 1.82) is 0 Å². The van der Waals surface area contributed by atoms with E-state index in [1.54, 1.807) is 0 Å². The lowest BCUT2D eigenvalue weighted by Crippen LogP contribution is -2.06. The Labute approximate surface area is 103 Å². The first kappa shape index (κ1) is 13.8. The van der Waals surface area contributed by atoms with E-state index < -0.39 is 6.10 Å². The molecule has 3 heteroatoms. The van der Waals surface area contributed by atoms with E-state index >= 15 is 0 Å². The van der Waals surface area contributed by atoms with Crippen LogP contribution in [-0.2, 0) is 0 Å². The summed E-state index contributed by atoms with van der Waals surface area (Å²) in [4.78, 5) is 0. The molecule has 17 heavy (non-hydrogen) atoms. The molecular weight excluding hydrogens is 216 g/mol. The summed E-state index contributed by atoms with van der Waals surface area (Å²) in [5.74, 6) is 1.66. The minimum atomic E-state index is -0.491. The van der Waals surface area contributed by atoms with E-state index in [0.717, 1.165) is 17.1 Å². The quantitative estimate of drug-likeness (QED) is 0.827. The van der Waals surface area contributed by atoms with Crippen LogP contribution in [0.1, 0.15) is 39.4 Å². The van der Waals surface area contributed by atoms with Crippen LogP contribution < -0.4 is 9.47 Å². The zero-order valence-corrected chi connectivity index (χ0v) is 11.1. The molecule has 1 aromatic rings. The topological polar surface area (TPSA) is 38.7 Å². The Balaban J connectivity index is 3.02. The molecule has 0 aliphatic carbocycles. The second-order valence-electron chi connectivity index (χ2n) is 4.29. The van der Waals surface area contributed by atoms with Crippen molar-refractivity contribution >= 4 is 0 Å². The monoisotopic (exact) mass is 238 g/mol. The van der Waals surface area contributed by atoms with Crippen LogP contribution >= 0.6 is 0 Å². The molecule has 1 aromatic carbocycles. The molecule has 1 N–H and O–H groups in total. The van der Waals surface area contributed by atoms with Crippen LogP contribution in [0.15, 0.2) is 18.2 Å². The molecule has 0 heterocycles. The van der Waals surface area contributed by atoms with Crippen molar-refractivity contribution in [2.45, 2.75) is 33.8 Å². The highest BCUT2D eigenvalue weighted by molar-refractivity contribution is 5.39. The summed E-state index contributed by atoms with van der Waals surface area (Å²) in [5.41, 5.74) is 0.842. The highest BCUT2D eigenvalue weighted by Crippen LogP contribution is 2.30. The van der Waals surface area contributed by atoms with E-state index in [0.29, 0.717) is 13.2 Å². The standard InChI is InChI=1S/C14H22O3/c1-5-16-12-7-11(14(15)10(3)4)8-13(9-12)17-6-2/h7-10,14-15H,5-6H2,1-4H3. The largest absolute Gasteiger partial charge is 0.494 e. The van der Waals surface area contributed by atoms with Crippen LogP contribution in [0.5, 0.6) is 11.5 Å². The van der Waals surface area contributed by atoms with Crippen LogP contribution in [0.25, 0.3) is 0 Å². The van der Waals surface area contributed by atoms with Gasteiger partial charge in [-0.25, -0.2) is 0 Å². The highest BCUT2D eigenvalue weighted by Gasteiger charge is 2.14.